The Morgan fingerprint density at radius 2 is 1.87 bits per heavy atom. The van der Waals surface area contributed by atoms with Crippen LogP contribution in [0, 0.1) is 10.1 Å². The van der Waals surface area contributed by atoms with Crippen molar-refractivity contribution in [3.05, 3.63) is 58.1 Å². The standard InChI is InChI=1S/C20H25N3O6S/c1-5-7-14-8-6-9-16(12-14)29-17-11-10-15(23(25)26)13-18(17)30(27,28)22-19(24)21-20(2,3)4/h6,8-13H,5,7H2,1-4H3,(H2,21,22,24). The lowest BCUT2D eigenvalue weighted by Gasteiger charge is -2.21. The molecule has 2 N–H and O–H groups in total. The van der Waals surface area contributed by atoms with E-state index in [1.165, 1.54) is 6.07 Å². The molecule has 0 saturated carbocycles. The van der Waals surface area contributed by atoms with Gasteiger partial charge in [0.2, 0.25) is 0 Å². The van der Waals surface area contributed by atoms with Crippen molar-refractivity contribution in [3.63, 3.8) is 0 Å². The molecular weight excluding hydrogens is 410 g/mol. The van der Waals surface area contributed by atoms with Gasteiger partial charge in [0.05, 0.1) is 4.92 Å². The largest absolute Gasteiger partial charge is 0.456 e. The summed E-state index contributed by atoms with van der Waals surface area (Å²) in [5.41, 5.74) is -0.121. The molecule has 0 saturated heterocycles. The Morgan fingerprint density at radius 3 is 2.47 bits per heavy atom. The molecule has 0 atom stereocenters. The van der Waals surface area contributed by atoms with E-state index in [9.17, 15) is 23.3 Å². The quantitative estimate of drug-likeness (QED) is 0.497. The first-order valence-corrected chi connectivity index (χ1v) is 10.8. The Morgan fingerprint density at radius 1 is 1.17 bits per heavy atom. The summed E-state index contributed by atoms with van der Waals surface area (Å²) in [6.45, 7) is 7.09. The van der Waals surface area contributed by atoms with E-state index < -0.39 is 37.1 Å². The topological polar surface area (TPSA) is 128 Å². The Kier molecular flexibility index (Phi) is 7.04. The number of sulfonamides is 1. The average Bonchev–Trinajstić information content (AvgIpc) is 2.60. The van der Waals surface area contributed by atoms with Crippen LogP contribution in [0.25, 0.3) is 0 Å². The third-order valence-electron chi connectivity index (χ3n) is 3.81. The number of aryl methyl sites for hydroxylation is 1. The van der Waals surface area contributed by atoms with Gasteiger partial charge in [0.25, 0.3) is 15.7 Å². The molecule has 0 fully saturated rings. The van der Waals surface area contributed by atoms with Crippen molar-refractivity contribution in [2.24, 2.45) is 0 Å². The first-order chi connectivity index (χ1) is 13.9. The highest BCUT2D eigenvalue weighted by Gasteiger charge is 2.27. The zero-order valence-corrected chi connectivity index (χ0v) is 18.1. The van der Waals surface area contributed by atoms with Gasteiger partial charge in [0.1, 0.15) is 16.4 Å². The molecule has 30 heavy (non-hydrogen) atoms. The summed E-state index contributed by atoms with van der Waals surface area (Å²) in [6, 6.07) is 9.34. The molecular formula is C20H25N3O6S. The molecule has 2 aromatic rings. The zero-order valence-electron chi connectivity index (χ0n) is 17.3. The van der Waals surface area contributed by atoms with E-state index in [1.54, 1.807) is 39.0 Å². The lowest BCUT2D eigenvalue weighted by Crippen LogP contribution is -2.48. The smallest absolute Gasteiger partial charge is 0.329 e. The van der Waals surface area contributed by atoms with Crippen LogP contribution in [0.15, 0.2) is 47.4 Å². The van der Waals surface area contributed by atoms with Crippen LogP contribution in [-0.2, 0) is 16.4 Å². The van der Waals surface area contributed by atoms with E-state index in [0.29, 0.717) is 5.75 Å². The van der Waals surface area contributed by atoms with Crippen LogP contribution in [0.3, 0.4) is 0 Å². The Labute approximate surface area is 175 Å². The van der Waals surface area contributed by atoms with Gasteiger partial charge in [-0.15, -0.1) is 0 Å². The molecule has 0 aliphatic rings. The third kappa shape index (κ3) is 6.45. The summed E-state index contributed by atoms with van der Waals surface area (Å²) in [6.07, 6.45) is 1.74. The van der Waals surface area contributed by atoms with Gasteiger partial charge in [0.15, 0.2) is 0 Å². The van der Waals surface area contributed by atoms with Crippen molar-refractivity contribution in [1.82, 2.24) is 10.0 Å². The minimum absolute atomic E-state index is 0.134. The fourth-order valence-electron chi connectivity index (χ4n) is 2.63. The van der Waals surface area contributed by atoms with E-state index in [1.807, 2.05) is 17.7 Å². The number of carbonyl (C=O) groups is 1. The number of nitro benzene ring substituents is 1. The fourth-order valence-corrected chi connectivity index (χ4v) is 3.68. The molecule has 0 aromatic heterocycles. The van der Waals surface area contributed by atoms with Crippen molar-refractivity contribution in [3.8, 4) is 11.5 Å². The summed E-state index contributed by atoms with van der Waals surface area (Å²) in [7, 11) is -4.45. The summed E-state index contributed by atoms with van der Waals surface area (Å²) in [5.74, 6) is 0.246. The maximum Gasteiger partial charge on any atom is 0.329 e. The number of non-ortho nitro benzene ring substituents is 1. The van der Waals surface area contributed by atoms with Gasteiger partial charge in [-0.2, -0.15) is 0 Å². The van der Waals surface area contributed by atoms with Gasteiger partial charge in [-0.25, -0.2) is 17.9 Å². The van der Waals surface area contributed by atoms with Gasteiger partial charge in [-0.05, 0) is 51.0 Å². The van der Waals surface area contributed by atoms with Gasteiger partial charge < -0.3 is 10.1 Å². The first kappa shape index (κ1) is 23.1. The van der Waals surface area contributed by atoms with E-state index in [-0.39, 0.29) is 5.75 Å². The van der Waals surface area contributed by atoms with Crippen molar-refractivity contribution in [2.75, 3.05) is 0 Å². The van der Waals surface area contributed by atoms with Crippen LogP contribution >= 0.6 is 0 Å². The van der Waals surface area contributed by atoms with Crippen LogP contribution in [0.1, 0.15) is 39.7 Å². The molecule has 162 valence electrons. The lowest BCUT2D eigenvalue weighted by atomic mass is 10.1. The van der Waals surface area contributed by atoms with E-state index in [0.717, 1.165) is 30.5 Å². The molecule has 0 spiro atoms. The number of hydrogen-bond donors (Lipinski definition) is 2. The highest BCUT2D eigenvalue weighted by molar-refractivity contribution is 7.90. The van der Waals surface area contributed by atoms with Crippen LogP contribution in [0.4, 0.5) is 10.5 Å². The number of carbonyl (C=O) groups excluding carboxylic acids is 1. The lowest BCUT2D eigenvalue weighted by molar-refractivity contribution is -0.385. The van der Waals surface area contributed by atoms with Crippen LogP contribution in [0.2, 0.25) is 0 Å². The molecule has 0 bridgehead atoms. The van der Waals surface area contributed by atoms with Crippen molar-refractivity contribution >= 4 is 21.7 Å². The minimum atomic E-state index is -4.45. The molecule has 0 heterocycles. The predicted molar refractivity (Wildman–Crippen MR) is 112 cm³/mol. The highest BCUT2D eigenvalue weighted by Crippen LogP contribution is 2.32. The monoisotopic (exact) mass is 435 g/mol. The first-order valence-electron chi connectivity index (χ1n) is 9.31. The van der Waals surface area contributed by atoms with Crippen LogP contribution < -0.4 is 14.8 Å². The zero-order chi connectivity index (χ0) is 22.5. The number of nitro groups is 1. The molecule has 0 aliphatic carbocycles. The van der Waals surface area contributed by atoms with Crippen LogP contribution in [-0.4, -0.2) is 24.9 Å². The van der Waals surface area contributed by atoms with Crippen molar-refractivity contribution in [2.45, 2.75) is 51.0 Å². The molecule has 2 rings (SSSR count). The molecule has 9 nitrogen and oxygen atoms in total. The summed E-state index contributed by atoms with van der Waals surface area (Å²) < 4.78 is 33.2. The number of benzene rings is 2. The van der Waals surface area contributed by atoms with Gasteiger partial charge in [0, 0.05) is 17.7 Å². The number of ether oxygens (including phenoxy) is 1. The second kappa shape index (κ2) is 9.12. The van der Waals surface area contributed by atoms with Crippen molar-refractivity contribution < 1.29 is 22.9 Å². The number of nitrogens with zero attached hydrogens (tertiary/aromatic N) is 1. The normalized spacial score (nSPS) is 11.6. The summed E-state index contributed by atoms with van der Waals surface area (Å²) in [4.78, 5) is 22.0. The predicted octanol–water partition coefficient (Wildman–Crippen LogP) is 4.13. The third-order valence-corrected chi connectivity index (χ3v) is 5.16. The molecule has 2 aromatic carbocycles. The number of rotatable bonds is 7. The Balaban J connectivity index is 2.43. The summed E-state index contributed by atoms with van der Waals surface area (Å²) >= 11 is 0. The Bertz CT molecular complexity index is 1040. The fraction of sp³-hybridized carbons (Fsp3) is 0.350. The maximum atomic E-state index is 12.8. The Hall–Kier alpha value is -3.14. The number of nitrogens with one attached hydrogen (secondary N) is 2. The molecule has 2 amide bonds. The molecule has 0 radical (unpaired) electrons. The van der Waals surface area contributed by atoms with Crippen LogP contribution in [0.5, 0.6) is 11.5 Å². The average molecular weight is 436 g/mol. The second-order valence-corrected chi connectivity index (χ2v) is 9.35. The molecule has 10 heteroatoms. The van der Waals surface area contributed by atoms with E-state index in [2.05, 4.69) is 5.32 Å². The van der Waals surface area contributed by atoms with E-state index in [4.69, 9.17) is 4.74 Å². The maximum absolute atomic E-state index is 12.8. The number of urea groups is 1. The second-order valence-electron chi connectivity index (χ2n) is 7.70. The van der Waals surface area contributed by atoms with Gasteiger partial charge in [-0.1, -0.05) is 25.5 Å². The summed E-state index contributed by atoms with van der Waals surface area (Å²) in [5, 5.41) is 13.6. The highest BCUT2D eigenvalue weighted by atomic mass is 32.2. The van der Waals surface area contributed by atoms with Crippen molar-refractivity contribution in [1.29, 1.82) is 0 Å². The minimum Gasteiger partial charge on any atom is -0.456 e. The molecule has 0 aliphatic heterocycles. The van der Waals surface area contributed by atoms with Gasteiger partial charge >= 0.3 is 6.03 Å². The number of amides is 2. The number of hydrogen-bond acceptors (Lipinski definition) is 6. The van der Waals surface area contributed by atoms with E-state index >= 15 is 0 Å². The molecule has 0 unspecified atom stereocenters. The SMILES string of the molecule is CCCc1cccc(Oc2ccc([N+](=O)[O-])cc2S(=O)(=O)NC(=O)NC(C)(C)C)c1. The van der Waals surface area contributed by atoms with Gasteiger partial charge in [-0.3, -0.25) is 10.1 Å².